The standard InChI is InChI=1S/C26H28N4O2S/c1-4-30-22-10-6-5-9-20(22)21-14-18(11-12-23(21)30)16-27-29-26(32)25(17(2)3)28-24(31)15-19-8-7-13-33-19/h5-14,16-17,25H,4,15H2,1-3H3,(H,28,31)(H,29,32)/t25-/m1/s1. The molecule has 0 spiro atoms. The first-order valence-corrected chi connectivity index (χ1v) is 12.0. The lowest BCUT2D eigenvalue weighted by Gasteiger charge is -2.20. The Balaban J connectivity index is 1.46. The van der Waals surface area contributed by atoms with Crippen molar-refractivity contribution in [2.75, 3.05) is 0 Å². The molecule has 0 aliphatic rings. The van der Waals surface area contributed by atoms with Gasteiger partial charge in [-0.1, -0.05) is 44.2 Å². The van der Waals surface area contributed by atoms with Gasteiger partial charge in [0.25, 0.3) is 5.91 Å². The number of nitrogens with one attached hydrogen (secondary N) is 2. The van der Waals surface area contributed by atoms with Crippen LogP contribution in [-0.4, -0.2) is 28.6 Å². The van der Waals surface area contributed by atoms with Crippen molar-refractivity contribution in [2.24, 2.45) is 11.0 Å². The van der Waals surface area contributed by atoms with E-state index in [-0.39, 0.29) is 24.2 Å². The zero-order chi connectivity index (χ0) is 23.4. The van der Waals surface area contributed by atoms with Crippen LogP contribution in [0.2, 0.25) is 0 Å². The van der Waals surface area contributed by atoms with Crippen LogP contribution in [0.1, 0.15) is 31.2 Å². The van der Waals surface area contributed by atoms with Crippen molar-refractivity contribution in [3.63, 3.8) is 0 Å². The Hall–Kier alpha value is -3.45. The highest BCUT2D eigenvalue weighted by atomic mass is 32.1. The minimum absolute atomic E-state index is 0.0657. The minimum Gasteiger partial charge on any atom is -0.344 e. The molecule has 4 rings (SSSR count). The quantitative estimate of drug-likeness (QED) is 0.295. The van der Waals surface area contributed by atoms with E-state index in [1.54, 1.807) is 6.21 Å². The average molecular weight is 461 g/mol. The van der Waals surface area contributed by atoms with E-state index in [0.717, 1.165) is 22.4 Å². The molecule has 4 aromatic rings. The van der Waals surface area contributed by atoms with E-state index in [9.17, 15) is 9.59 Å². The molecule has 2 amide bonds. The van der Waals surface area contributed by atoms with E-state index < -0.39 is 6.04 Å². The van der Waals surface area contributed by atoms with Crippen molar-refractivity contribution < 1.29 is 9.59 Å². The Labute approximate surface area is 197 Å². The van der Waals surface area contributed by atoms with E-state index in [1.807, 2.05) is 43.5 Å². The summed E-state index contributed by atoms with van der Waals surface area (Å²) in [7, 11) is 0. The fraction of sp³-hybridized carbons (Fsp3) is 0.269. The Morgan fingerprint density at radius 2 is 1.85 bits per heavy atom. The number of amides is 2. The molecule has 0 unspecified atom stereocenters. The number of fused-ring (bicyclic) bond motifs is 3. The second kappa shape index (κ2) is 10.0. The molecule has 6 nitrogen and oxygen atoms in total. The van der Waals surface area contributed by atoms with Gasteiger partial charge in [0.05, 0.1) is 12.6 Å². The summed E-state index contributed by atoms with van der Waals surface area (Å²) in [6, 6.07) is 17.7. The van der Waals surface area contributed by atoms with Crippen molar-refractivity contribution in [3.8, 4) is 0 Å². The van der Waals surface area contributed by atoms with Crippen molar-refractivity contribution in [1.82, 2.24) is 15.3 Å². The highest BCUT2D eigenvalue weighted by molar-refractivity contribution is 7.10. The Morgan fingerprint density at radius 1 is 1.06 bits per heavy atom. The first-order valence-electron chi connectivity index (χ1n) is 11.1. The summed E-state index contributed by atoms with van der Waals surface area (Å²) in [4.78, 5) is 26.0. The third-order valence-corrected chi connectivity index (χ3v) is 6.56. The van der Waals surface area contributed by atoms with Crippen LogP contribution < -0.4 is 10.7 Å². The third-order valence-electron chi connectivity index (χ3n) is 5.68. The van der Waals surface area contributed by atoms with Crippen LogP contribution in [0.15, 0.2) is 65.1 Å². The highest BCUT2D eigenvalue weighted by Crippen LogP contribution is 2.29. The lowest BCUT2D eigenvalue weighted by Crippen LogP contribution is -2.49. The van der Waals surface area contributed by atoms with Crippen molar-refractivity contribution >= 4 is 51.2 Å². The highest BCUT2D eigenvalue weighted by Gasteiger charge is 2.24. The Morgan fingerprint density at radius 3 is 2.58 bits per heavy atom. The fourth-order valence-electron chi connectivity index (χ4n) is 4.06. The van der Waals surface area contributed by atoms with Crippen LogP contribution in [0.3, 0.4) is 0 Å². The topological polar surface area (TPSA) is 75.5 Å². The molecule has 33 heavy (non-hydrogen) atoms. The van der Waals surface area contributed by atoms with E-state index in [2.05, 4.69) is 57.7 Å². The predicted molar refractivity (Wildman–Crippen MR) is 136 cm³/mol. The molecule has 1 atom stereocenters. The number of aromatic nitrogens is 1. The molecular weight excluding hydrogens is 432 g/mol. The monoisotopic (exact) mass is 460 g/mol. The van der Waals surface area contributed by atoms with Crippen LogP contribution in [0, 0.1) is 5.92 Å². The summed E-state index contributed by atoms with van der Waals surface area (Å²) in [6.07, 6.45) is 1.91. The maximum absolute atomic E-state index is 12.7. The van der Waals surface area contributed by atoms with Crippen LogP contribution in [0.4, 0.5) is 0 Å². The number of nitrogens with zero attached hydrogens (tertiary/aromatic N) is 2. The molecule has 0 bridgehead atoms. The zero-order valence-corrected chi connectivity index (χ0v) is 19.9. The average Bonchev–Trinajstić information content (AvgIpc) is 3.42. The first-order chi connectivity index (χ1) is 16.0. The summed E-state index contributed by atoms with van der Waals surface area (Å²) in [6.45, 7) is 6.83. The van der Waals surface area contributed by atoms with E-state index in [1.165, 1.54) is 27.8 Å². The van der Waals surface area contributed by atoms with Crippen LogP contribution in [0.5, 0.6) is 0 Å². The number of thiophene rings is 1. The maximum atomic E-state index is 12.7. The van der Waals surface area contributed by atoms with Gasteiger partial charge in [-0.15, -0.1) is 11.3 Å². The number of hydrogen-bond acceptors (Lipinski definition) is 4. The van der Waals surface area contributed by atoms with E-state index in [0.29, 0.717) is 0 Å². The first kappa shape index (κ1) is 22.7. The van der Waals surface area contributed by atoms with Crippen molar-refractivity contribution in [3.05, 3.63) is 70.4 Å². The largest absolute Gasteiger partial charge is 0.344 e. The Kier molecular flexibility index (Phi) is 6.89. The molecule has 7 heteroatoms. The number of aryl methyl sites for hydroxylation is 1. The zero-order valence-electron chi connectivity index (χ0n) is 19.0. The van der Waals surface area contributed by atoms with Crippen LogP contribution in [-0.2, 0) is 22.6 Å². The van der Waals surface area contributed by atoms with Gasteiger partial charge in [0.15, 0.2) is 0 Å². The van der Waals surface area contributed by atoms with Crippen molar-refractivity contribution in [1.29, 1.82) is 0 Å². The van der Waals surface area contributed by atoms with Gasteiger partial charge in [0, 0.05) is 33.2 Å². The van der Waals surface area contributed by atoms with Gasteiger partial charge in [-0.3, -0.25) is 9.59 Å². The molecule has 170 valence electrons. The predicted octanol–water partition coefficient (Wildman–Crippen LogP) is 4.71. The van der Waals surface area contributed by atoms with Gasteiger partial charge in [-0.25, -0.2) is 5.43 Å². The summed E-state index contributed by atoms with van der Waals surface area (Å²) >= 11 is 1.52. The number of rotatable bonds is 8. The third kappa shape index (κ3) is 4.98. The molecular formula is C26H28N4O2S. The summed E-state index contributed by atoms with van der Waals surface area (Å²) in [5, 5.41) is 11.3. The van der Waals surface area contributed by atoms with Gasteiger partial charge in [-0.05, 0) is 48.1 Å². The molecule has 2 aromatic heterocycles. The molecule has 0 aliphatic heterocycles. The number of carbonyl (C=O) groups is 2. The fourth-order valence-corrected chi connectivity index (χ4v) is 4.77. The van der Waals surface area contributed by atoms with Gasteiger partial charge >= 0.3 is 0 Å². The SMILES string of the molecule is CCn1c2ccccc2c2cc(C=NNC(=O)[C@H](NC(=O)Cc3cccs3)C(C)C)ccc21. The number of carbonyl (C=O) groups excluding carboxylic acids is 2. The number of hydrogen-bond donors (Lipinski definition) is 2. The molecule has 0 radical (unpaired) electrons. The normalized spacial score (nSPS) is 12.6. The number of benzene rings is 2. The molecule has 0 aliphatic carbocycles. The summed E-state index contributed by atoms with van der Waals surface area (Å²) in [5.74, 6) is -0.568. The molecule has 0 saturated carbocycles. The molecule has 2 N–H and O–H groups in total. The smallest absolute Gasteiger partial charge is 0.262 e. The number of hydrazone groups is 1. The maximum Gasteiger partial charge on any atom is 0.262 e. The summed E-state index contributed by atoms with van der Waals surface area (Å²) < 4.78 is 2.29. The molecule has 2 aromatic carbocycles. The lowest BCUT2D eigenvalue weighted by molar-refractivity contribution is -0.129. The molecule has 2 heterocycles. The van der Waals surface area contributed by atoms with Gasteiger partial charge in [-0.2, -0.15) is 5.10 Å². The molecule has 0 saturated heterocycles. The summed E-state index contributed by atoms with van der Waals surface area (Å²) in [5.41, 5.74) is 5.86. The van der Waals surface area contributed by atoms with E-state index in [4.69, 9.17) is 0 Å². The minimum atomic E-state index is -0.653. The van der Waals surface area contributed by atoms with Gasteiger partial charge < -0.3 is 9.88 Å². The van der Waals surface area contributed by atoms with Crippen molar-refractivity contribution in [2.45, 2.75) is 39.8 Å². The van der Waals surface area contributed by atoms with Crippen LogP contribution >= 0.6 is 11.3 Å². The van der Waals surface area contributed by atoms with Gasteiger partial charge in [0.2, 0.25) is 5.91 Å². The van der Waals surface area contributed by atoms with Crippen LogP contribution in [0.25, 0.3) is 21.8 Å². The lowest BCUT2D eigenvalue weighted by atomic mass is 10.0. The second-order valence-corrected chi connectivity index (χ2v) is 9.35. The van der Waals surface area contributed by atoms with Gasteiger partial charge in [0.1, 0.15) is 6.04 Å². The second-order valence-electron chi connectivity index (χ2n) is 8.32. The Bertz CT molecular complexity index is 1300. The molecule has 0 fully saturated rings. The van der Waals surface area contributed by atoms with E-state index >= 15 is 0 Å². The number of para-hydroxylation sites is 1.